The monoisotopic (exact) mass is 408 g/mol. The zero-order chi connectivity index (χ0) is 20.9. The van der Waals surface area contributed by atoms with E-state index in [0.717, 1.165) is 65.0 Å². The fraction of sp³-hybridized carbons (Fsp3) is 0.684. The number of rotatable bonds is 12. The second-order valence-corrected chi connectivity index (χ2v) is 7.05. The number of methoxy groups -OCH3 is 1. The molecule has 0 spiro atoms. The number of aromatic nitrogens is 2. The van der Waals surface area contributed by atoms with E-state index in [4.69, 9.17) is 9.94 Å². The maximum absolute atomic E-state index is 12.2. The number of piperazine rings is 1. The highest BCUT2D eigenvalue weighted by Crippen LogP contribution is 2.11. The van der Waals surface area contributed by atoms with Gasteiger partial charge in [-0.3, -0.25) is 19.7 Å². The van der Waals surface area contributed by atoms with Crippen molar-refractivity contribution in [1.82, 2.24) is 25.7 Å². The normalized spacial score (nSPS) is 14.6. The van der Waals surface area contributed by atoms with Gasteiger partial charge < -0.3 is 15.0 Å². The first-order valence-electron chi connectivity index (χ1n) is 10.1. The molecule has 2 heterocycles. The molecule has 0 bridgehead atoms. The summed E-state index contributed by atoms with van der Waals surface area (Å²) in [5.74, 6) is 0.107. The van der Waals surface area contributed by atoms with Gasteiger partial charge in [-0.2, -0.15) is 0 Å². The zero-order valence-electron chi connectivity index (χ0n) is 17.1. The van der Waals surface area contributed by atoms with Gasteiger partial charge in [0.2, 0.25) is 11.9 Å². The molecule has 1 aliphatic heterocycles. The summed E-state index contributed by atoms with van der Waals surface area (Å²) in [6.45, 7) is 5.84. The van der Waals surface area contributed by atoms with Crippen molar-refractivity contribution < 1.29 is 19.5 Å². The summed E-state index contributed by atoms with van der Waals surface area (Å²) in [5, 5.41) is 11.3. The predicted molar refractivity (Wildman–Crippen MR) is 108 cm³/mol. The fourth-order valence-corrected chi connectivity index (χ4v) is 3.12. The Kier molecular flexibility index (Phi) is 10.3. The van der Waals surface area contributed by atoms with E-state index in [1.165, 1.54) is 0 Å². The second-order valence-electron chi connectivity index (χ2n) is 7.05. The molecule has 1 aromatic heterocycles. The smallest absolute Gasteiger partial charge is 0.254 e. The van der Waals surface area contributed by atoms with Crippen molar-refractivity contribution in [3.63, 3.8) is 0 Å². The molecule has 0 unspecified atom stereocenters. The van der Waals surface area contributed by atoms with Gasteiger partial charge >= 0.3 is 0 Å². The maximum Gasteiger partial charge on any atom is 0.254 e. The third-order valence-corrected chi connectivity index (χ3v) is 4.91. The molecule has 3 N–H and O–H groups in total. The van der Waals surface area contributed by atoms with Gasteiger partial charge in [0.25, 0.3) is 5.91 Å². The molecule has 1 saturated heterocycles. The largest absolute Gasteiger partial charge is 0.383 e. The minimum Gasteiger partial charge on any atom is -0.383 e. The van der Waals surface area contributed by atoms with Crippen molar-refractivity contribution in [3.8, 4) is 0 Å². The van der Waals surface area contributed by atoms with Crippen LogP contribution in [0.5, 0.6) is 0 Å². The van der Waals surface area contributed by atoms with Crippen molar-refractivity contribution >= 4 is 17.8 Å². The summed E-state index contributed by atoms with van der Waals surface area (Å²) in [6, 6.07) is 0. The molecule has 1 fully saturated rings. The molecular weight excluding hydrogens is 376 g/mol. The van der Waals surface area contributed by atoms with Gasteiger partial charge in [0, 0.05) is 65.2 Å². The van der Waals surface area contributed by atoms with Gasteiger partial charge in [-0.05, 0) is 12.8 Å². The molecule has 162 valence electrons. The minimum atomic E-state index is -0.366. The van der Waals surface area contributed by atoms with E-state index in [9.17, 15) is 9.59 Å². The van der Waals surface area contributed by atoms with Gasteiger partial charge in [-0.25, -0.2) is 15.4 Å². The van der Waals surface area contributed by atoms with E-state index in [-0.39, 0.29) is 11.8 Å². The lowest BCUT2D eigenvalue weighted by molar-refractivity contribution is -0.129. The molecule has 29 heavy (non-hydrogen) atoms. The molecule has 0 aromatic carbocycles. The predicted octanol–water partition coefficient (Wildman–Crippen LogP) is 0.431. The standard InChI is InChI=1S/C19H32N6O4/c1-29-13-12-24-8-10-25(11-9-24)19-21-14-16(15-22-19)18(27)20-7-5-3-2-4-6-17(26)23-28/h14-15,28H,2-13H2,1H3,(H,20,27)(H,23,26). The Balaban J connectivity index is 1.64. The average molecular weight is 409 g/mol. The topological polar surface area (TPSA) is 120 Å². The van der Waals surface area contributed by atoms with Crippen LogP contribution in [0.4, 0.5) is 5.95 Å². The van der Waals surface area contributed by atoms with E-state index in [1.54, 1.807) is 25.0 Å². The lowest BCUT2D eigenvalue weighted by atomic mass is 10.1. The van der Waals surface area contributed by atoms with Crippen LogP contribution in [0.3, 0.4) is 0 Å². The van der Waals surface area contributed by atoms with Crippen molar-refractivity contribution in [3.05, 3.63) is 18.0 Å². The minimum absolute atomic E-state index is 0.180. The molecule has 0 aliphatic carbocycles. The first-order valence-corrected chi connectivity index (χ1v) is 10.1. The van der Waals surface area contributed by atoms with E-state index in [1.807, 2.05) is 0 Å². The Morgan fingerprint density at radius 1 is 1.10 bits per heavy atom. The number of nitrogens with zero attached hydrogens (tertiary/aromatic N) is 4. The number of amides is 2. The highest BCUT2D eigenvalue weighted by atomic mass is 16.5. The lowest BCUT2D eigenvalue weighted by Crippen LogP contribution is -2.47. The lowest BCUT2D eigenvalue weighted by Gasteiger charge is -2.34. The molecule has 0 saturated carbocycles. The first kappa shape index (κ1) is 23.0. The maximum atomic E-state index is 12.2. The Labute approximate surface area is 171 Å². The molecule has 0 radical (unpaired) electrons. The molecule has 10 nitrogen and oxygen atoms in total. The second kappa shape index (κ2) is 13.0. The third-order valence-electron chi connectivity index (χ3n) is 4.91. The Morgan fingerprint density at radius 3 is 2.45 bits per heavy atom. The highest BCUT2D eigenvalue weighted by Gasteiger charge is 2.19. The number of carbonyl (C=O) groups excluding carboxylic acids is 2. The average Bonchev–Trinajstić information content (AvgIpc) is 2.77. The van der Waals surface area contributed by atoms with Crippen LogP contribution in [0.2, 0.25) is 0 Å². The van der Waals surface area contributed by atoms with Crippen molar-refractivity contribution in [1.29, 1.82) is 0 Å². The van der Waals surface area contributed by atoms with Gasteiger partial charge in [-0.15, -0.1) is 0 Å². The highest BCUT2D eigenvalue weighted by molar-refractivity contribution is 5.93. The molecule has 0 atom stereocenters. The SMILES string of the molecule is COCCN1CCN(c2ncc(C(=O)NCCCCCCC(=O)NO)cn2)CC1. The zero-order valence-corrected chi connectivity index (χ0v) is 17.1. The Hall–Kier alpha value is -2.30. The van der Waals surface area contributed by atoms with E-state index < -0.39 is 0 Å². The van der Waals surface area contributed by atoms with Crippen LogP contribution >= 0.6 is 0 Å². The molecule has 2 amide bonds. The van der Waals surface area contributed by atoms with E-state index >= 15 is 0 Å². The molecular formula is C19H32N6O4. The molecule has 10 heteroatoms. The summed E-state index contributed by atoms with van der Waals surface area (Å²) in [4.78, 5) is 36.3. The quantitative estimate of drug-likeness (QED) is 0.259. The van der Waals surface area contributed by atoms with Crippen LogP contribution in [0.15, 0.2) is 12.4 Å². The number of hydrogen-bond acceptors (Lipinski definition) is 8. The number of ether oxygens (including phenoxy) is 1. The van der Waals surface area contributed by atoms with Gasteiger partial charge in [-0.1, -0.05) is 12.8 Å². The molecule has 1 aromatic rings. The van der Waals surface area contributed by atoms with Crippen LogP contribution in [0.1, 0.15) is 42.5 Å². The molecule has 2 rings (SSSR count). The van der Waals surface area contributed by atoms with Crippen molar-refractivity contribution in [2.75, 3.05) is 57.9 Å². The van der Waals surface area contributed by atoms with E-state index in [2.05, 4.69) is 25.1 Å². The van der Waals surface area contributed by atoms with Gasteiger partial charge in [0.05, 0.1) is 12.2 Å². The number of unbranched alkanes of at least 4 members (excludes halogenated alkanes) is 3. The molecule has 1 aliphatic rings. The van der Waals surface area contributed by atoms with Crippen LogP contribution in [-0.4, -0.2) is 84.9 Å². The summed E-state index contributed by atoms with van der Waals surface area (Å²) in [6.07, 6.45) is 6.79. The van der Waals surface area contributed by atoms with E-state index in [0.29, 0.717) is 24.5 Å². The summed E-state index contributed by atoms with van der Waals surface area (Å²) >= 11 is 0. The van der Waals surface area contributed by atoms with Gasteiger partial charge in [0.1, 0.15) is 0 Å². The summed E-state index contributed by atoms with van der Waals surface area (Å²) in [7, 11) is 1.71. The van der Waals surface area contributed by atoms with Crippen LogP contribution in [0, 0.1) is 0 Å². The van der Waals surface area contributed by atoms with Crippen molar-refractivity contribution in [2.45, 2.75) is 32.1 Å². The van der Waals surface area contributed by atoms with Crippen LogP contribution in [0.25, 0.3) is 0 Å². The Morgan fingerprint density at radius 2 is 1.79 bits per heavy atom. The number of anilines is 1. The Bertz CT molecular complexity index is 620. The van der Waals surface area contributed by atoms with Crippen LogP contribution in [-0.2, 0) is 9.53 Å². The number of nitrogens with one attached hydrogen (secondary N) is 2. The fourth-order valence-electron chi connectivity index (χ4n) is 3.12. The van der Waals surface area contributed by atoms with Gasteiger partial charge in [0.15, 0.2) is 0 Å². The third kappa shape index (κ3) is 8.30. The number of hydrogen-bond donors (Lipinski definition) is 3. The number of hydroxylamine groups is 1. The summed E-state index contributed by atoms with van der Waals surface area (Å²) in [5.41, 5.74) is 2.07. The number of carbonyl (C=O) groups is 2. The summed E-state index contributed by atoms with van der Waals surface area (Å²) < 4.78 is 5.12. The first-order chi connectivity index (χ1) is 14.1. The van der Waals surface area contributed by atoms with Crippen LogP contribution < -0.4 is 15.7 Å². The van der Waals surface area contributed by atoms with Crippen molar-refractivity contribution in [2.24, 2.45) is 0 Å².